The van der Waals surface area contributed by atoms with Gasteiger partial charge in [-0.25, -0.2) is 0 Å². The summed E-state index contributed by atoms with van der Waals surface area (Å²) >= 11 is 0. The molecule has 3 aromatic rings. The number of hydrogen-bond donors (Lipinski definition) is 3. The fourth-order valence-electron chi connectivity index (χ4n) is 4.89. The van der Waals surface area contributed by atoms with E-state index in [1.54, 1.807) is 51.1 Å². The number of carbonyl (C=O) groups excluding carboxylic acids is 3. The molecule has 2 bridgehead atoms. The lowest BCUT2D eigenvalue weighted by Crippen LogP contribution is -2.50. The molecule has 2 amide bonds. The molecule has 0 spiro atoms. The van der Waals surface area contributed by atoms with Crippen molar-refractivity contribution in [1.29, 1.82) is 0 Å². The molecular weight excluding hydrogens is 522 g/mol. The van der Waals surface area contributed by atoms with Crippen molar-refractivity contribution in [2.45, 2.75) is 58.2 Å². The Bertz CT molecular complexity index is 1400. The molecule has 2 atom stereocenters. The van der Waals surface area contributed by atoms with Crippen molar-refractivity contribution < 1.29 is 29.0 Å². The summed E-state index contributed by atoms with van der Waals surface area (Å²) < 4.78 is 13.3. The number of aromatic nitrogens is 1. The molecule has 41 heavy (non-hydrogen) atoms. The van der Waals surface area contributed by atoms with E-state index in [0.29, 0.717) is 32.7 Å². The third-order valence-electron chi connectivity index (χ3n) is 6.76. The highest BCUT2D eigenvalue weighted by molar-refractivity contribution is 5.91. The molecule has 218 valence electrons. The number of phenolic OH excluding ortho intramolecular Hbond substituents is 1. The standard InChI is InChI=1S/C32H39N3O6/c1-32(2,3)41-29(37)20-23(10-6-8-22-9-7-11-25(36)18-22)30(38)34-27-19-24-21-35(28-13-5-4-12-26(24)28)15-17-40-16-14-33-31(27)39/h4-9,11-13,18,21,23,27,36H,10,14-17,19-20H2,1-3H3,(H,33,39)(H,34,38)/t23-,27?/m1/s1. The lowest BCUT2D eigenvalue weighted by molar-refractivity contribution is -0.157. The highest BCUT2D eigenvalue weighted by Crippen LogP contribution is 2.24. The third kappa shape index (κ3) is 8.69. The molecular formula is C32H39N3O6. The van der Waals surface area contributed by atoms with Gasteiger partial charge >= 0.3 is 5.97 Å². The number of hydrogen-bond acceptors (Lipinski definition) is 6. The van der Waals surface area contributed by atoms with E-state index in [4.69, 9.17) is 9.47 Å². The maximum absolute atomic E-state index is 13.7. The first kappa shape index (κ1) is 29.9. The van der Waals surface area contributed by atoms with Crippen molar-refractivity contribution in [2.75, 3.05) is 19.8 Å². The summed E-state index contributed by atoms with van der Waals surface area (Å²) in [6.07, 6.45) is 5.97. The van der Waals surface area contributed by atoms with Gasteiger partial charge in [0.25, 0.3) is 0 Å². The lowest BCUT2D eigenvalue weighted by Gasteiger charge is -2.24. The molecule has 3 N–H and O–H groups in total. The quantitative estimate of drug-likeness (QED) is 0.376. The molecule has 1 unspecified atom stereocenters. The van der Waals surface area contributed by atoms with Crippen LogP contribution in [0.1, 0.15) is 44.7 Å². The maximum Gasteiger partial charge on any atom is 0.307 e. The number of nitrogens with zero attached hydrogens (tertiary/aromatic N) is 1. The molecule has 1 aliphatic rings. The van der Waals surface area contributed by atoms with E-state index < -0.39 is 29.4 Å². The summed E-state index contributed by atoms with van der Waals surface area (Å²) in [6, 6.07) is 13.9. The molecule has 9 nitrogen and oxygen atoms in total. The monoisotopic (exact) mass is 561 g/mol. The van der Waals surface area contributed by atoms with Gasteiger partial charge in [0, 0.05) is 36.6 Å². The van der Waals surface area contributed by atoms with Crippen molar-refractivity contribution in [3.05, 3.63) is 71.9 Å². The highest BCUT2D eigenvalue weighted by Gasteiger charge is 2.29. The van der Waals surface area contributed by atoms with Crippen LogP contribution in [0.4, 0.5) is 0 Å². The molecule has 2 aromatic carbocycles. The van der Waals surface area contributed by atoms with Crippen LogP contribution in [0.25, 0.3) is 17.0 Å². The minimum atomic E-state index is -0.850. The molecule has 0 saturated heterocycles. The van der Waals surface area contributed by atoms with E-state index in [1.165, 1.54) is 0 Å². The fraction of sp³-hybridized carbons (Fsp3) is 0.406. The zero-order valence-corrected chi connectivity index (χ0v) is 23.9. The summed E-state index contributed by atoms with van der Waals surface area (Å²) in [6.45, 7) is 7.21. The van der Waals surface area contributed by atoms with E-state index in [2.05, 4.69) is 15.2 Å². The van der Waals surface area contributed by atoms with Gasteiger partial charge in [-0.2, -0.15) is 0 Å². The van der Waals surface area contributed by atoms with E-state index in [0.717, 1.165) is 22.0 Å². The van der Waals surface area contributed by atoms with Crippen molar-refractivity contribution in [2.24, 2.45) is 5.92 Å². The number of ether oxygens (including phenoxy) is 2. The zero-order chi connectivity index (χ0) is 29.4. The van der Waals surface area contributed by atoms with Crippen LogP contribution in [-0.4, -0.2) is 58.9 Å². The topological polar surface area (TPSA) is 119 Å². The first-order valence-corrected chi connectivity index (χ1v) is 14.0. The van der Waals surface area contributed by atoms with Crippen LogP contribution in [-0.2, 0) is 36.8 Å². The summed E-state index contributed by atoms with van der Waals surface area (Å²) in [5.74, 6) is -1.85. The minimum absolute atomic E-state index is 0.135. The van der Waals surface area contributed by atoms with Crippen molar-refractivity contribution in [3.63, 3.8) is 0 Å². The molecule has 1 aliphatic heterocycles. The summed E-state index contributed by atoms with van der Waals surface area (Å²) in [5, 5.41) is 16.6. The summed E-state index contributed by atoms with van der Waals surface area (Å²) in [7, 11) is 0. The average molecular weight is 562 g/mol. The van der Waals surface area contributed by atoms with E-state index in [1.807, 2.05) is 36.5 Å². The Morgan fingerprint density at radius 2 is 2.00 bits per heavy atom. The van der Waals surface area contributed by atoms with Gasteiger partial charge in [-0.1, -0.05) is 42.5 Å². The smallest absolute Gasteiger partial charge is 0.307 e. The Morgan fingerprint density at radius 1 is 1.20 bits per heavy atom. The molecule has 0 saturated carbocycles. The molecule has 0 fully saturated rings. The molecule has 9 heteroatoms. The van der Waals surface area contributed by atoms with Crippen molar-refractivity contribution >= 4 is 34.8 Å². The van der Waals surface area contributed by atoms with Gasteiger partial charge in [-0.3, -0.25) is 14.4 Å². The predicted octanol–water partition coefficient (Wildman–Crippen LogP) is 3.97. The van der Waals surface area contributed by atoms with Gasteiger partial charge in [0.2, 0.25) is 11.8 Å². The molecule has 0 aliphatic carbocycles. The van der Waals surface area contributed by atoms with Crippen LogP contribution in [0.2, 0.25) is 0 Å². The number of benzene rings is 2. The maximum atomic E-state index is 13.7. The Balaban J connectivity index is 1.57. The largest absolute Gasteiger partial charge is 0.508 e. The highest BCUT2D eigenvalue weighted by atomic mass is 16.6. The number of aromatic hydroxyl groups is 1. The van der Waals surface area contributed by atoms with E-state index in [-0.39, 0.29) is 24.5 Å². The van der Waals surface area contributed by atoms with Crippen LogP contribution in [0.15, 0.2) is 60.8 Å². The van der Waals surface area contributed by atoms with Gasteiger partial charge in [-0.15, -0.1) is 0 Å². The van der Waals surface area contributed by atoms with Gasteiger partial charge in [-0.05, 0) is 56.5 Å². The molecule has 2 heterocycles. The first-order chi connectivity index (χ1) is 19.6. The number of fused-ring (bicyclic) bond motifs is 5. The number of allylic oxidation sites excluding steroid dienone is 1. The minimum Gasteiger partial charge on any atom is -0.508 e. The predicted molar refractivity (Wildman–Crippen MR) is 157 cm³/mol. The van der Waals surface area contributed by atoms with Crippen LogP contribution in [0.5, 0.6) is 5.75 Å². The number of rotatable bonds is 7. The molecule has 4 rings (SSSR count). The van der Waals surface area contributed by atoms with Crippen molar-refractivity contribution in [1.82, 2.24) is 15.2 Å². The van der Waals surface area contributed by atoms with Crippen LogP contribution >= 0.6 is 0 Å². The Kier molecular flexibility index (Phi) is 9.83. The van der Waals surface area contributed by atoms with Gasteiger partial charge < -0.3 is 29.8 Å². The fourth-order valence-corrected chi connectivity index (χ4v) is 4.89. The van der Waals surface area contributed by atoms with Crippen LogP contribution in [0, 0.1) is 5.92 Å². The second-order valence-electron chi connectivity index (χ2n) is 11.3. The van der Waals surface area contributed by atoms with Gasteiger partial charge in [0.1, 0.15) is 17.4 Å². The summed E-state index contributed by atoms with van der Waals surface area (Å²) in [5.41, 5.74) is 2.04. The molecule has 1 aromatic heterocycles. The molecule has 0 radical (unpaired) electrons. The van der Waals surface area contributed by atoms with E-state index in [9.17, 15) is 19.5 Å². The number of phenols is 1. The van der Waals surface area contributed by atoms with Crippen LogP contribution in [0.3, 0.4) is 0 Å². The SMILES string of the molecule is CC(C)(C)OC(=O)C[C@@H](CC=Cc1cccc(O)c1)C(=O)NC1Cc2cn(c3ccccc23)CCOCCNC1=O. The zero-order valence-electron chi connectivity index (χ0n) is 23.9. The number of nitrogens with one attached hydrogen (secondary N) is 2. The van der Waals surface area contributed by atoms with Gasteiger partial charge in [0.15, 0.2) is 0 Å². The second-order valence-corrected chi connectivity index (χ2v) is 11.3. The number of para-hydroxylation sites is 1. The number of esters is 1. The third-order valence-corrected chi connectivity index (χ3v) is 6.76. The van der Waals surface area contributed by atoms with Gasteiger partial charge in [0.05, 0.1) is 25.6 Å². The Morgan fingerprint density at radius 3 is 2.78 bits per heavy atom. The Labute approximate surface area is 240 Å². The van der Waals surface area contributed by atoms with Crippen molar-refractivity contribution in [3.8, 4) is 5.75 Å². The average Bonchev–Trinajstić information content (AvgIpc) is 3.25. The summed E-state index contributed by atoms with van der Waals surface area (Å²) in [4.78, 5) is 39.7. The van der Waals surface area contributed by atoms with Crippen LogP contribution < -0.4 is 10.6 Å². The normalized spacial score (nSPS) is 17.3. The lowest BCUT2D eigenvalue weighted by atomic mass is 9.97. The number of carbonyl (C=O) groups is 3. The Hall–Kier alpha value is -4.11. The van der Waals surface area contributed by atoms with E-state index >= 15 is 0 Å². The second kappa shape index (κ2) is 13.5. The number of amides is 2. The first-order valence-electron chi connectivity index (χ1n) is 14.0.